The van der Waals surface area contributed by atoms with Crippen molar-refractivity contribution in [3.05, 3.63) is 82.9 Å². The van der Waals surface area contributed by atoms with Gasteiger partial charge in [-0.2, -0.15) is 0 Å². The largest absolute Gasteiger partial charge is 0.493 e. The molecule has 0 aliphatic carbocycles. The van der Waals surface area contributed by atoms with E-state index in [4.69, 9.17) is 14.2 Å². The van der Waals surface area contributed by atoms with Crippen LogP contribution in [0, 0.1) is 6.92 Å². The number of Topliss-reactive ketones (excluding diaryl/α,β-unsaturated/α-hetero) is 2. The van der Waals surface area contributed by atoms with Crippen molar-refractivity contribution in [1.82, 2.24) is 0 Å². The lowest BCUT2D eigenvalue weighted by Crippen LogP contribution is -2.42. The highest BCUT2D eigenvalue weighted by atomic mass is 32.2. The summed E-state index contributed by atoms with van der Waals surface area (Å²) in [7, 11) is -2.69. The number of sulfone groups is 1. The molecule has 200 valence electrons. The molecule has 0 saturated heterocycles. The molecule has 0 amide bonds. The zero-order valence-corrected chi connectivity index (χ0v) is 22.8. The third kappa shape index (κ3) is 5.31. The van der Waals surface area contributed by atoms with Crippen LogP contribution in [0.2, 0.25) is 0 Å². The van der Waals surface area contributed by atoms with E-state index in [2.05, 4.69) is 0 Å². The molecular formula is C30H32O7S. The first-order chi connectivity index (χ1) is 18.2. The van der Waals surface area contributed by atoms with Gasteiger partial charge < -0.3 is 14.2 Å². The van der Waals surface area contributed by atoms with Crippen molar-refractivity contribution in [3.8, 4) is 17.2 Å². The maximum Gasteiger partial charge on any atom is 0.192 e. The number of ketones is 2. The zero-order valence-electron chi connectivity index (χ0n) is 22.0. The van der Waals surface area contributed by atoms with Crippen LogP contribution in [-0.2, 0) is 21.1 Å². The number of ether oxygens (including phenoxy) is 3. The van der Waals surface area contributed by atoms with Crippen molar-refractivity contribution >= 4 is 21.4 Å². The Morgan fingerprint density at radius 2 is 1.74 bits per heavy atom. The molecule has 1 aliphatic rings. The minimum absolute atomic E-state index is 0.0236. The van der Waals surface area contributed by atoms with Gasteiger partial charge in [0, 0.05) is 17.5 Å². The quantitative estimate of drug-likeness (QED) is 0.317. The summed E-state index contributed by atoms with van der Waals surface area (Å²) in [5.74, 6) is 0.350. The van der Waals surface area contributed by atoms with Gasteiger partial charge in [0.15, 0.2) is 32.4 Å². The van der Waals surface area contributed by atoms with E-state index in [-0.39, 0.29) is 28.4 Å². The molecule has 3 aromatic carbocycles. The summed E-state index contributed by atoms with van der Waals surface area (Å²) in [5, 5.41) is -1.57. The van der Waals surface area contributed by atoms with Crippen molar-refractivity contribution in [2.75, 3.05) is 13.7 Å². The van der Waals surface area contributed by atoms with Gasteiger partial charge in [0.1, 0.15) is 17.6 Å². The second-order valence-corrected chi connectivity index (χ2v) is 11.5. The summed E-state index contributed by atoms with van der Waals surface area (Å²) in [5.41, 5.74) is 1.94. The van der Waals surface area contributed by atoms with Crippen molar-refractivity contribution in [2.45, 2.75) is 56.3 Å². The lowest BCUT2D eigenvalue weighted by molar-refractivity contribution is -0.116. The maximum absolute atomic E-state index is 14.0. The van der Waals surface area contributed by atoms with Crippen LogP contribution in [0.1, 0.15) is 59.8 Å². The van der Waals surface area contributed by atoms with Gasteiger partial charge in [-0.1, -0.05) is 49.2 Å². The van der Waals surface area contributed by atoms with Crippen LogP contribution in [0.4, 0.5) is 0 Å². The molecule has 1 aliphatic heterocycles. The summed E-state index contributed by atoms with van der Waals surface area (Å²) in [6.45, 7) is 5.73. The van der Waals surface area contributed by atoms with E-state index in [9.17, 15) is 18.0 Å². The highest BCUT2D eigenvalue weighted by Gasteiger charge is 2.48. The predicted molar refractivity (Wildman–Crippen MR) is 144 cm³/mol. The Hall–Kier alpha value is -3.65. The van der Waals surface area contributed by atoms with Gasteiger partial charge in [-0.05, 0) is 50.6 Å². The highest BCUT2D eigenvalue weighted by Crippen LogP contribution is 2.45. The summed E-state index contributed by atoms with van der Waals surface area (Å²) in [4.78, 5) is 26.3. The van der Waals surface area contributed by atoms with Gasteiger partial charge in [0.25, 0.3) is 0 Å². The van der Waals surface area contributed by atoms with Gasteiger partial charge in [-0.25, -0.2) is 8.42 Å². The molecule has 7 nitrogen and oxygen atoms in total. The number of rotatable bonds is 10. The van der Waals surface area contributed by atoms with Crippen molar-refractivity contribution in [1.29, 1.82) is 0 Å². The Balaban J connectivity index is 1.95. The predicted octanol–water partition coefficient (Wildman–Crippen LogP) is 5.47. The SMILES string of the molecule is CCCCOc1c(OC)ccc([C@@H]2Oc3ccccc3C(=O)[C@H]2S(=O)(=O)c2ccc(C)cc2)c1CC(C)=O. The smallest absolute Gasteiger partial charge is 0.192 e. The molecule has 3 aromatic rings. The molecule has 0 unspecified atom stereocenters. The number of methoxy groups -OCH3 is 1. The first-order valence-corrected chi connectivity index (χ1v) is 14.2. The summed E-state index contributed by atoms with van der Waals surface area (Å²) in [6.07, 6.45) is 0.430. The molecule has 0 spiro atoms. The molecule has 38 heavy (non-hydrogen) atoms. The van der Waals surface area contributed by atoms with Crippen LogP contribution >= 0.6 is 0 Å². The van der Waals surface area contributed by atoms with Crippen LogP contribution in [0.5, 0.6) is 17.2 Å². The number of carbonyl (C=O) groups is 2. The Morgan fingerprint density at radius 3 is 2.39 bits per heavy atom. The highest BCUT2D eigenvalue weighted by molar-refractivity contribution is 7.93. The van der Waals surface area contributed by atoms with E-state index in [0.717, 1.165) is 18.4 Å². The molecular weight excluding hydrogens is 504 g/mol. The monoisotopic (exact) mass is 536 g/mol. The number of carbonyl (C=O) groups excluding carboxylic acids is 2. The number of fused-ring (bicyclic) bond motifs is 1. The van der Waals surface area contributed by atoms with Gasteiger partial charge >= 0.3 is 0 Å². The average molecular weight is 537 g/mol. The third-order valence-corrected chi connectivity index (χ3v) is 8.64. The van der Waals surface area contributed by atoms with Crippen LogP contribution in [0.15, 0.2) is 65.6 Å². The van der Waals surface area contributed by atoms with Crippen LogP contribution < -0.4 is 14.2 Å². The maximum atomic E-state index is 14.0. The van der Waals surface area contributed by atoms with Crippen molar-refractivity contribution in [2.24, 2.45) is 0 Å². The molecule has 8 heteroatoms. The van der Waals surface area contributed by atoms with Gasteiger partial charge in [0.05, 0.1) is 24.2 Å². The van der Waals surface area contributed by atoms with Gasteiger partial charge in [-0.15, -0.1) is 0 Å². The molecule has 1 heterocycles. The fourth-order valence-corrected chi connectivity index (χ4v) is 6.37. The number of aryl methyl sites for hydroxylation is 1. The second kappa shape index (κ2) is 11.4. The number of hydrogen-bond acceptors (Lipinski definition) is 7. The third-order valence-electron chi connectivity index (χ3n) is 6.58. The van der Waals surface area contributed by atoms with Crippen LogP contribution in [0.3, 0.4) is 0 Å². The number of benzene rings is 3. The Kier molecular flexibility index (Phi) is 8.21. The molecule has 0 aromatic heterocycles. The van der Waals surface area contributed by atoms with Gasteiger partial charge in [0.2, 0.25) is 0 Å². The van der Waals surface area contributed by atoms with Crippen molar-refractivity contribution in [3.63, 3.8) is 0 Å². The lowest BCUT2D eigenvalue weighted by Gasteiger charge is -2.34. The summed E-state index contributed by atoms with van der Waals surface area (Å²) in [6, 6.07) is 16.3. The Morgan fingerprint density at radius 1 is 1.03 bits per heavy atom. The van der Waals surface area contributed by atoms with Crippen molar-refractivity contribution < 1.29 is 32.2 Å². The molecule has 2 atom stereocenters. The normalized spacial score (nSPS) is 16.9. The minimum Gasteiger partial charge on any atom is -0.493 e. The molecule has 0 N–H and O–H groups in total. The molecule has 0 saturated carbocycles. The fraction of sp³-hybridized carbons (Fsp3) is 0.333. The number of para-hydroxylation sites is 1. The topological polar surface area (TPSA) is 96.0 Å². The standard InChI is InChI=1S/C30H32O7S/c1-5-6-17-36-28-24(18-20(3)31)22(15-16-26(28)35-4)29-30(27(32)23-9-7-8-10-25(23)37-29)38(33,34)21-13-11-19(2)12-14-21/h7-16,29-30H,5-6,17-18H2,1-4H3/t29-,30+/m0/s1. The molecule has 0 radical (unpaired) electrons. The second-order valence-electron chi connectivity index (χ2n) is 9.42. The Bertz CT molecular complexity index is 1440. The average Bonchev–Trinajstić information content (AvgIpc) is 2.89. The van der Waals surface area contributed by atoms with E-state index in [1.165, 1.54) is 26.2 Å². The van der Waals surface area contributed by atoms with E-state index < -0.39 is 27.0 Å². The number of hydrogen-bond donors (Lipinski definition) is 0. The lowest BCUT2D eigenvalue weighted by atomic mass is 9.90. The first kappa shape index (κ1) is 27.4. The zero-order chi connectivity index (χ0) is 27.4. The minimum atomic E-state index is -4.19. The van der Waals surface area contributed by atoms with E-state index in [0.29, 0.717) is 29.2 Å². The van der Waals surface area contributed by atoms with Crippen LogP contribution in [-0.4, -0.2) is 39.0 Å². The van der Waals surface area contributed by atoms with E-state index in [1.807, 2.05) is 13.8 Å². The van der Waals surface area contributed by atoms with E-state index >= 15 is 0 Å². The number of unbranched alkanes of at least 4 members (excludes halogenated alkanes) is 1. The summed E-state index contributed by atoms with van der Waals surface area (Å²) < 4.78 is 46.0. The molecule has 0 fully saturated rings. The first-order valence-electron chi connectivity index (χ1n) is 12.6. The Labute approximate surface area is 223 Å². The fourth-order valence-electron chi connectivity index (χ4n) is 4.62. The molecule has 0 bridgehead atoms. The van der Waals surface area contributed by atoms with Crippen LogP contribution in [0.25, 0.3) is 0 Å². The van der Waals surface area contributed by atoms with E-state index in [1.54, 1.807) is 48.5 Å². The summed E-state index contributed by atoms with van der Waals surface area (Å²) >= 11 is 0. The van der Waals surface area contributed by atoms with Gasteiger partial charge in [-0.3, -0.25) is 9.59 Å². The molecule has 4 rings (SSSR count).